The van der Waals surface area contributed by atoms with Crippen LogP contribution >= 0.6 is 11.6 Å². The lowest BCUT2D eigenvalue weighted by atomic mass is 10.2. The van der Waals surface area contributed by atoms with Crippen LogP contribution in [0.4, 0.5) is 11.4 Å². The number of nitrogens with zero attached hydrogens (tertiary/aromatic N) is 2. The van der Waals surface area contributed by atoms with E-state index in [-0.39, 0.29) is 10.7 Å². The van der Waals surface area contributed by atoms with Crippen molar-refractivity contribution in [3.63, 3.8) is 0 Å². The molecule has 0 amide bonds. The first-order chi connectivity index (χ1) is 12.5. The van der Waals surface area contributed by atoms with Gasteiger partial charge in [0, 0.05) is 12.3 Å². The molecule has 0 bridgehead atoms. The van der Waals surface area contributed by atoms with Gasteiger partial charge in [-0.2, -0.15) is 0 Å². The van der Waals surface area contributed by atoms with Gasteiger partial charge in [0.05, 0.1) is 10.6 Å². The maximum Gasteiger partial charge on any atom is 0.288 e. The summed E-state index contributed by atoms with van der Waals surface area (Å²) >= 11 is 5.80. The third-order valence-corrected chi connectivity index (χ3v) is 3.94. The Labute approximate surface area is 155 Å². The molecule has 0 unspecified atom stereocenters. The Hall–Kier alpha value is -3.18. The maximum absolute atomic E-state index is 10.9. The molecule has 0 N–H and O–H groups in total. The molecular formula is C20H15ClN2O3. The zero-order valence-corrected chi connectivity index (χ0v) is 14.7. The highest BCUT2D eigenvalue weighted by Crippen LogP contribution is 2.26. The fourth-order valence-corrected chi connectivity index (χ4v) is 2.43. The Morgan fingerprint density at radius 1 is 1.00 bits per heavy atom. The van der Waals surface area contributed by atoms with Crippen molar-refractivity contribution in [2.75, 3.05) is 0 Å². The Bertz CT molecular complexity index is 952. The Morgan fingerprint density at radius 2 is 1.62 bits per heavy atom. The highest BCUT2D eigenvalue weighted by molar-refractivity contribution is 6.32. The van der Waals surface area contributed by atoms with Crippen molar-refractivity contribution in [1.29, 1.82) is 0 Å². The lowest BCUT2D eigenvalue weighted by molar-refractivity contribution is -0.384. The minimum Gasteiger partial charge on any atom is -0.457 e. The molecule has 0 saturated heterocycles. The van der Waals surface area contributed by atoms with Gasteiger partial charge in [0.25, 0.3) is 5.69 Å². The van der Waals surface area contributed by atoms with Gasteiger partial charge in [-0.05, 0) is 55.0 Å². The summed E-state index contributed by atoms with van der Waals surface area (Å²) in [6.07, 6.45) is 1.55. The first kappa shape index (κ1) is 17.6. The summed E-state index contributed by atoms with van der Waals surface area (Å²) in [6.45, 7) is 2.02. The predicted octanol–water partition coefficient (Wildman–Crippen LogP) is 6.10. The van der Waals surface area contributed by atoms with Crippen molar-refractivity contribution < 1.29 is 9.66 Å². The fourth-order valence-electron chi connectivity index (χ4n) is 2.24. The van der Waals surface area contributed by atoms with E-state index >= 15 is 0 Å². The van der Waals surface area contributed by atoms with Gasteiger partial charge in [0.15, 0.2) is 0 Å². The van der Waals surface area contributed by atoms with Crippen molar-refractivity contribution in [3.8, 4) is 11.5 Å². The number of halogens is 1. The van der Waals surface area contributed by atoms with Crippen LogP contribution in [0.1, 0.15) is 11.1 Å². The summed E-state index contributed by atoms with van der Waals surface area (Å²) < 4.78 is 5.76. The summed E-state index contributed by atoms with van der Waals surface area (Å²) in [7, 11) is 0. The molecule has 0 aromatic heterocycles. The van der Waals surface area contributed by atoms with Gasteiger partial charge in [-0.15, -0.1) is 0 Å². The summed E-state index contributed by atoms with van der Waals surface area (Å²) in [6, 6.07) is 19.6. The van der Waals surface area contributed by atoms with E-state index in [4.69, 9.17) is 16.3 Å². The highest BCUT2D eigenvalue weighted by atomic mass is 35.5. The second-order valence-corrected chi connectivity index (χ2v) is 6.04. The first-order valence-electron chi connectivity index (χ1n) is 7.84. The number of hydrogen-bond acceptors (Lipinski definition) is 4. The minimum atomic E-state index is -0.517. The van der Waals surface area contributed by atoms with Gasteiger partial charge >= 0.3 is 0 Å². The zero-order chi connectivity index (χ0) is 18.5. The predicted molar refractivity (Wildman–Crippen MR) is 103 cm³/mol. The third-order valence-electron chi connectivity index (χ3n) is 3.62. The summed E-state index contributed by atoms with van der Waals surface area (Å²) in [5.74, 6) is 1.47. The lowest BCUT2D eigenvalue weighted by Crippen LogP contribution is -1.91. The molecule has 3 rings (SSSR count). The van der Waals surface area contributed by atoms with E-state index in [1.807, 2.05) is 55.5 Å². The molecule has 3 aromatic rings. The Morgan fingerprint density at radius 3 is 2.23 bits per heavy atom. The van der Waals surface area contributed by atoms with Crippen LogP contribution in [0.5, 0.6) is 11.5 Å². The highest BCUT2D eigenvalue weighted by Gasteiger charge is 2.11. The molecule has 130 valence electrons. The number of hydrogen-bond donors (Lipinski definition) is 0. The summed E-state index contributed by atoms with van der Waals surface area (Å²) in [4.78, 5) is 14.7. The summed E-state index contributed by atoms with van der Waals surface area (Å²) in [5.41, 5.74) is 2.34. The van der Waals surface area contributed by atoms with Gasteiger partial charge < -0.3 is 4.74 Å². The van der Waals surface area contributed by atoms with Crippen molar-refractivity contribution in [2.45, 2.75) is 6.92 Å². The van der Waals surface area contributed by atoms with Crippen molar-refractivity contribution >= 4 is 29.2 Å². The van der Waals surface area contributed by atoms with Crippen molar-refractivity contribution in [1.82, 2.24) is 0 Å². The Balaban J connectivity index is 1.71. The average molecular weight is 367 g/mol. The lowest BCUT2D eigenvalue weighted by Gasteiger charge is -2.06. The molecule has 0 aliphatic rings. The van der Waals surface area contributed by atoms with E-state index < -0.39 is 4.92 Å². The molecule has 0 spiro atoms. The van der Waals surface area contributed by atoms with Crippen LogP contribution in [0.15, 0.2) is 71.7 Å². The van der Waals surface area contributed by atoms with Crippen LogP contribution in [0, 0.1) is 17.0 Å². The zero-order valence-electron chi connectivity index (χ0n) is 13.9. The molecule has 0 radical (unpaired) electrons. The number of rotatable bonds is 5. The molecule has 6 heteroatoms. The molecule has 0 atom stereocenters. The van der Waals surface area contributed by atoms with Gasteiger partial charge in [-0.1, -0.05) is 35.4 Å². The molecule has 0 aliphatic heterocycles. The van der Waals surface area contributed by atoms with Crippen LogP contribution in [-0.4, -0.2) is 11.1 Å². The van der Waals surface area contributed by atoms with Gasteiger partial charge in [0.2, 0.25) is 0 Å². The largest absolute Gasteiger partial charge is 0.457 e. The molecule has 3 aromatic carbocycles. The second-order valence-electron chi connectivity index (χ2n) is 5.64. The van der Waals surface area contributed by atoms with E-state index in [0.29, 0.717) is 17.0 Å². The molecule has 26 heavy (non-hydrogen) atoms. The molecule has 0 fully saturated rings. The van der Waals surface area contributed by atoms with Gasteiger partial charge in [-0.3, -0.25) is 15.1 Å². The SMILES string of the molecule is Cc1ccc(Oc2ccc(N=Cc3ccc(Cl)c([N+](=O)[O-])c3)cc2)cc1. The van der Waals surface area contributed by atoms with E-state index in [0.717, 1.165) is 5.75 Å². The van der Waals surface area contributed by atoms with Crippen molar-refractivity contribution in [2.24, 2.45) is 4.99 Å². The normalized spacial score (nSPS) is 10.8. The van der Waals surface area contributed by atoms with Gasteiger partial charge in [-0.25, -0.2) is 0 Å². The quantitative estimate of drug-likeness (QED) is 0.311. The number of ether oxygens (including phenoxy) is 1. The van der Waals surface area contributed by atoms with E-state index in [1.54, 1.807) is 12.3 Å². The molecule has 0 saturated carbocycles. The van der Waals surface area contributed by atoms with Crippen molar-refractivity contribution in [3.05, 3.63) is 93.0 Å². The van der Waals surface area contributed by atoms with Crippen LogP contribution in [-0.2, 0) is 0 Å². The Kier molecular flexibility index (Phi) is 5.29. The van der Waals surface area contributed by atoms with Crippen LogP contribution in [0.3, 0.4) is 0 Å². The first-order valence-corrected chi connectivity index (χ1v) is 8.22. The standard InChI is InChI=1S/C20H15ClN2O3/c1-14-2-7-17(8-3-14)26-18-9-5-16(6-10-18)22-13-15-4-11-19(21)20(12-15)23(24)25/h2-13H,1H3. The molecule has 0 heterocycles. The topological polar surface area (TPSA) is 64.7 Å². The number of nitro groups is 1. The molecule has 5 nitrogen and oxygen atoms in total. The van der Waals surface area contributed by atoms with Crippen LogP contribution in [0.25, 0.3) is 0 Å². The average Bonchev–Trinajstić information content (AvgIpc) is 2.64. The smallest absolute Gasteiger partial charge is 0.288 e. The van der Waals surface area contributed by atoms with Gasteiger partial charge in [0.1, 0.15) is 16.5 Å². The third kappa shape index (κ3) is 4.46. The number of benzene rings is 3. The van der Waals surface area contributed by atoms with E-state index in [2.05, 4.69) is 4.99 Å². The van der Waals surface area contributed by atoms with E-state index in [1.165, 1.54) is 17.7 Å². The van der Waals surface area contributed by atoms with Crippen LogP contribution in [0.2, 0.25) is 5.02 Å². The number of aryl methyl sites for hydroxylation is 1. The number of nitro benzene ring substituents is 1. The maximum atomic E-state index is 10.9. The fraction of sp³-hybridized carbons (Fsp3) is 0.0500. The monoisotopic (exact) mass is 366 g/mol. The minimum absolute atomic E-state index is 0.102. The van der Waals surface area contributed by atoms with E-state index in [9.17, 15) is 10.1 Å². The number of aliphatic imine (C=N–C) groups is 1. The molecular weight excluding hydrogens is 352 g/mol. The second kappa shape index (κ2) is 7.80. The van der Waals surface area contributed by atoms with Crippen LogP contribution < -0.4 is 4.74 Å². The summed E-state index contributed by atoms with van der Waals surface area (Å²) in [5, 5.41) is 11.0. The molecule has 0 aliphatic carbocycles.